The third-order valence-electron chi connectivity index (χ3n) is 3.40. The number of primary amides is 1. The van der Waals surface area contributed by atoms with Gasteiger partial charge in [-0.2, -0.15) is 0 Å². The molecule has 6 nitrogen and oxygen atoms in total. The molecule has 0 fully saturated rings. The summed E-state index contributed by atoms with van der Waals surface area (Å²) in [6.45, 7) is 3.40. The fraction of sp³-hybridized carbons (Fsp3) is 0.357. The molecule has 108 valence electrons. The molecule has 0 saturated carbocycles. The highest BCUT2D eigenvalue weighted by molar-refractivity contribution is 5.99. The van der Waals surface area contributed by atoms with E-state index in [0.29, 0.717) is 0 Å². The molecular weight excluding hydrogens is 260 g/mol. The van der Waals surface area contributed by atoms with Gasteiger partial charge in [-0.05, 0) is 37.1 Å². The molecule has 0 spiro atoms. The van der Waals surface area contributed by atoms with Crippen molar-refractivity contribution >= 4 is 17.8 Å². The van der Waals surface area contributed by atoms with Crippen LogP contribution in [0.25, 0.3) is 0 Å². The summed E-state index contributed by atoms with van der Waals surface area (Å²) in [4.78, 5) is 34.3. The van der Waals surface area contributed by atoms with Gasteiger partial charge < -0.3 is 16.2 Å². The van der Waals surface area contributed by atoms with Crippen molar-refractivity contribution < 1.29 is 19.5 Å². The van der Waals surface area contributed by atoms with E-state index in [9.17, 15) is 19.5 Å². The Morgan fingerprint density at radius 3 is 1.90 bits per heavy atom. The van der Waals surface area contributed by atoms with E-state index in [2.05, 4.69) is 5.32 Å². The minimum absolute atomic E-state index is 0.280. The minimum atomic E-state index is -1.28. The fourth-order valence-corrected chi connectivity index (χ4v) is 1.86. The second kappa shape index (κ2) is 6.18. The van der Waals surface area contributed by atoms with E-state index in [4.69, 9.17) is 5.73 Å². The molecule has 0 unspecified atom stereocenters. The van der Waals surface area contributed by atoms with Gasteiger partial charge >= 0.3 is 5.97 Å². The van der Waals surface area contributed by atoms with Gasteiger partial charge in [-0.25, -0.2) is 4.79 Å². The van der Waals surface area contributed by atoms with Crippen molar-refractivity contribution in [2.75, 3.05) is 0 Å². The number of hydrogen-bond acceptors (Lipinski definition) is 3. The van der Waals surface area contributed by atoms with Crippen LogP contribution in [0.15, 0.2) is 24.3 Å². The number of nitrogens with two attached hydrogens (primary N) is 1. The average Bonchev–Trinajstić information content (AvgIpc) is 2.44. The van der Waals surface area contributed by atoms with Gasteiger partial charge in [0.05, 0.1) is 0 Å². The normalized spacial score (nSPS) is 10.9. The summed E-state index contributed by atoms with van der Waals surface area (Å²) in [6, 6.07) is 5.73. The molecule has 0 aliphatic rings. The van der Waals surface area contributed by atoms with Crippen molar-refractivity contribution in [2.45, 2.75) is 32.2 Å². The molecule has 0 atom stereocenters. The number of hydrogen-bond donors (Lipinski definition) is 3. The maximum Gasteiger partial charge on any atom is 0.329 e. The molecule has 0 aliphatic carbocycles. The summed E-state index contributed by atoms with van der Waals surface area (Å²) in [5, 5.41) is 11.8. The summed E-state index contributed by atoms with van der Waals surface area (Å²) < 4.78 is 0. The fourth-order valence-electron chi connectivity index (χ4n) is 1.86. The molecule has 6 heteroatoms. The first-order valence-electron chi connectivity index (χ1n) is 6.32. The first-order valence-corrected chi connectivity index (χ1v) is 6.32. The monoisotopic (exact) mass is 278 g/mol. The molecule has 1 aromatic carbocycles. The molecular formula is C14H18N2O4. The number of benzene rings is 1. The van der Waals surface area contributed by atoms with Crippen LogP contribution in [-0.4, -0.2) is 28.4 Å². The molecule has 0 saturated heterocycles. The standard InChI is InChI=1S/C14H18N2O4/c1-3-14(4-2,13(19)20)16-12(18)10-7-5-9(6-8-10)11(15)17/h5-8H,3-4H2,1-2H3,(H2,15,17)(H,16,18)(H,19,20). The van der Waals surface area contributed by atoms with Crippen molar-refractivity contribution in [1.29, 1.82) is 0 Å². The van der Waals surface area contributed by atoms with Crippen LogP contribution in [0.2, 0.25) is 0 Å². The Balaban J connectivity index is 2.95. The summed E-state index contributed by atoms with van der Waals surface area (Å²) in [5.41, 5.74) is 4.40. The summed E-state index contributed by atoms with van der Waals surface area (Å²) in [7, 11) is 0. The third kappa shape index (κ3) is 3.14. The Labute approximate surface area is 117 Å². The number of amides is 2. The van der Waals surface area contributed by atoms with Crippen LogP contribution in [-0.2, 0) is 4.79 Å². The van der Waals surface area contributed by atoms with Crippen molar-refractivity contribution in [3.8, 4) is 0 Å². The quantitative estimate of drug-likeness (QED) is 0.725. The van der Waals surface area contributed by atoms with Gasteiger partial charge in [-0.1, -0.05) is 13.8 Å². The van der Waals surface area contributed by atoms with E-state index in [1.807, 2.05) is 0 Å². The molecule has 4 N–H and O–H groups in total. The molecule has 0 radical (unpaired) electrons. The highest BCUT2D eigenvalue weighted by Crippen LogP contribution is 2.16. The highest BCUT2D eigenvalue weighted by Gasteiger charge is 2.36. The van der Waals surface area contributed by atoms with E-state index < -0.39 is 23.3 Å². The van der Waals surface area contributed by atoms with E-state index >= 15 is 0 Å². The Morgan fingerprint density at radius 1 is 1.10 bits per heavy atom. The van der Waals surface area contributed by atoms with Gasteiger partial charge in [-0.3, -0.25) is 9.59 Å². The van der Waals surface area contributed by atoms with Crippen LogP contribution in [0.5, 0.6) is 0 Å². The molecule has 0 aliphatic heterocycles. The number of rotatable bonds is 6. The summed E-state index contributed by atoms with van der Waals surface area (Å²) in [5.74, 6) is -2.14. The van der Waals surface area contributed by atoms with E-state index in [-0.39, 0.29) is 24.0 Å². The molecule has 1 rings (SSSR count). The van der Waals surface area contributed by atoms with Crippen LogP contribution in [0.1, 0.15) is 47.4 Å². The lowest BCUT2D eigenvalue weighted by Gasteiger charge is -2.28. The van der Waals surface area contributed by atoms with E-state index in [1.54, 1.807) is 13.8 Å². The van der Waals surface area contributed by atoms with Gasteiger partial charge in [0.15, 0.2) is 0 Å². The van der Waals surface area contributed by atoms with Gasteiger partial charge in [0.2, 0.25) is 5.91 Å². The Morgan fingerprint density at radius 2 is 1.55 bits per heavy atom. The predicted octanol–water partition coefficient (Wildman–Crippen LogP) is 1.16. The Hall–Kier alpha value is -2.37. The SMILES string of the molecule is CCC(CC)(NC(=O)c1ccc(C(N)=O)cc1)C(=O)O. The highest BCUT2D eigenvalue weighted by atomic mass is 16.4. The Bertz CT molecular complexity index is 518. The topological polar surface area (TPSA) is 109 Å². The molecule has 0 aromatic heterocycles. The van der Waals surface area contributed by atoms with Crippen molar-refractivity contribution in [2.24, 2.45) is 5.73 Å². The maximum absolute atomic E-state index is 12.1. The number of carboxylic acids is 1. The molecule has 20 heavy (non-hydrogen) atoms. The lowest BCUT2D eigenvalue weighted by molar-refractivity contribution is -0.144. The lowest BCUT2D eigenvalue weighted by atomic mass is 9.92. The lowest BCUT2D eigenvalue weighted by Crippen LogP contribution is -2.53. The third-order valence-corrected chi connectivity index (χ3v) is 3.40. The van der Waals surface area contributed by atoms with Gasteiger partial charge in [0.1, 0.15) is 5.54 Å². The number of carbonyl (C=O) groups is 3. The zero-order valence-electron chi connectivity index (χ0n) is 11.5. The van der Waals surface area contributed by atoms with E-state index in [1.165, 1.54) is 24.3 Å². The van der Waals surface area contributed by atoms with Crippen molar-refractivity contribution in [3.05, 3.63) is 35.4 Å². The minimum Gasteiger partial charge on any atom is -0.480 e. The molecule has 2 amide bonds. The van der Waals surface area contributed by atoms with Crippen LogP contribution >= 0.6 is 0 Å². The zero-order chi connectivity index (χ0) is 15.3. The summed E-state index contributed by atoms with van der Waals surface area (Å²) >= 11 is 0. The number of carboxylic acid groups (broad SMARTS) is 1. The largest absolute Gasteiger partial charge is 0.480 e. The first-order chi connectivity index (χ1) is 9.36. The number of aliphatic carboxylic acids is 1. The van der Waals surface area contributed by atoms with Crippen molar-refractivity contribution in [3.63, 3.8) is 0 Å². The number of nitrogens with one attached hydrogen (secondary N) is 1. The summed E-state index contributed by atoms with van der Waals surface area (Å²) in [6.07, 6.45) is 0.563. The molecule has 1 aromatic rings. The maximum atomic E-state index is 12.1. The Kier molecular flexibility index (Phi) is 4.85. The van der Waals surface area contributed by atoms with Crippen LogP contribution in [0.4, 0.5) is 0 Å². The van der Waals surface area contributed by atoms with Crippen LogP contribution in [0.3, 0.4) is 0 Å². The van der Waals surface area contributed by atoms with Crippen LogP contribution < -0.4 is 11.1 Å². The first kappa shape index (κ1) is 15.7. The van der Waals surface area contributed by atoms with E-state index in [0.717, 1.165) is 0 Å². The van der Waals surface area contributed by atoms with Crippen molar-refractivity contribution in [1.82, 2.24) is 5.32 Å². The molecule has 0 bridgehead atoms. The van der Waals surface area contributed by atoms with Gasteiger partial charge in [0.25, 0.3) is 5.91 Å². The molecule has 0 heterocycles. The predicted molar refractivity (Wildman–Crippen MR) is 73.4 cm³/mol. The average molecular weight is 278 g/mol. The number of carbonyl (C=O) groups excluding carboxylic acids is 2. The second-order valence-corrected chi connectivity index (χ2v) is 4.49. The zero-order valence-corrected chi connectivity index (χ0v) is 11.5. The van der Waals surface area contributed by atoms with Gasteiger partial charge in [0, 0.05) is 11.1 Å². The smallest absolute Gasteiger partial charge is 0.329 e. The van der Waals surface area contributed by atoms with Gasteiger partial charge in [-0.15, -0.1) is 0 Å². The van der Waals surface area contributed by atoms with Crippen LogP contribution in [0, 0.1) is 0 Å². The second-order valence-electron chi connectivity index (χ2n) is 4.49.